The Morgan fingerprint density at radius 1 is 0.898 bits per heavy atom. The van der Waals surface area contributed by atoms with Gasteiger partial charge < -0.3 is 23.9 Å². The van der Waals surface area contributed by atoms with Crippen molar-refractivity contribution in [2.24, 2.45) is 11.3 Å². The third-order valence-corrected chi connectivity index (χ3v) is 12.3. The Morgan fingerprint density at radius 2 is 1.43 bits per heavy atom. The van der Waals surface area contributed by atoms with Crippen molar-refractivity contribution in [3.63, 3.8) is 0 Å². The molecule has 12 heteroatoms. The van der Waals surface area contributed by atoms with Crippen LogP contribution in [0.1, 0.15) is 131 Å². The molecule has 0 spiro atoms. The number of aliphatic carboxylic acids is 1. The first-order valence-corrected chi connectivity index (χ1v) is 20.1. The number of carboxylic acid groups (broad SMARTS) is 1. The van der Waals surface area contributed by atoms with E-state index in [4.69, 9.17) is 31.0 Å². The highest BCUT2D eigenvalue weighted by molar-refractivity contribution is 8.47. The van der Waals surface area contributed by atoms with Gasteiger partial charge in [-0.15, -0.1) is 11.8 Å². The van der Waals surface area contributed by atoms with Crippen LogP contribution in [-0.4, -0.2) is 63.0 Å². The van der Waals surface area contributed by atoms with Gasteiger partial charge in [-0.2, -0.15) is 0 Å². The van der Waals surface area contributed by atoms with Crippen molar-refractivity contribution in [2.75, 3.05) is 12.9 Å². The predicted octanol–water partition coefficient (Wildman–Crippen LogP) is 8.75. The molecule has 49 heavy (non-hydrogen) atoms. The number of carbonyl (C=O) groups excluding carboxylic acids is 2. The predicted molar refractivity (Wildman–Crippen MR) is 206 cm³/mol. The summed E-state index contributed by atoms with van der Waals surface area (Å²) in [4.78, 5) is 38.3. The molecule has 0 aliphatic carbocycles. The van der Waals surface area contributed by atoms with Crippen molar-refractivity contribution >= 4 is 69.8 Å². The van der Waals surface area contributed by atoms with Gasteiger partial charge in [-0.3, -0.25) is 14.4 Å². The summed E-state index contributed by atoms with van der Waals surface area (Å²) in [6, 6.07) is 7.54. The van der Waals surface area contributed by atoms with E-state index in [1.165, 1.54) is 82.0 Å². The van der Waals surface area contributed by atoms with Crippen LogP contribution in [0.15, 0.2) is 24.3 Å². The van der Waals surface area contributed by atoms with Crippen molar-refractivity contribution < 1.29 is 38.3 Å². The molecule has 1 aromatic carbocycles. The molecule has 1 aliphatic heterocycles. The van der Waals surface area contributed by atoms with E-state index in [1.54, 1.807) is 13.8 Å². The van der Waals surface area contributed by atoms with Crippen LogP contribution in [0.2, 0.25) is 0 Å². The summed E-state index contributed by atoms with van der Waals surface area (Å²) in [5, 5.41) is 8.93. The molecule has 1 heterocycles. The lowest BCUT2D eigenvalue weighted by molar-refractivity contribution is -0.152. The molecule has 0 saturated carbocycles. The lowest BCUT2D eigenvalue weighted by Gasteiger charge is -2.32. The lowest BCUT2D eigenvalue weighted by Crippen LogP contribution is -2.41. The Hall–Kier alpha value is -1.60. The molecule has 1 saturated heterocycles. The first-order valence-electron chi connectivity index (χ1n) is 17.8. The number of esters is 2. The number of ether oxygens (including phenoxy) is 2. The molecule has 2 rings (SSSR count). The Balaban J connectivity index is 2.00. The van der Waals surface area contributed by atoms with Crippen molar-refractivity contribution in [2.45, 2.75) is 149 Å². The van der Waals surface area contributed by atoms with Gasteiger partial charge in [0.2, 0.25) is 0 Å². The van der Waals surface area contributed by atoms with E-state index in [0.717, 1.165) is 29.6 Å². The van der Waals surface area contributed by atoms with Crippen LogP contribution in [0.3, 0.4) is 0 Å². The molecule has 2 unspecified atom stereocenters. The number of hydrogen-bond acceptors (Lipinski definition) is 10. The van der Waals surface area contributed by atoms with Gasteiger partial charge in [0, 0.05) is 0 Å². The average Bonchev–Trinajstić information content (AvgIpc) is 3.27. The highest BCUT2D eigenvalue weighted by Crippen LogP contribution is 2.37. The quantitative estimate of drug-likeness (QED) is 0.0534. The third-order valence-electron chi connectivity index (χ3n) is 9.47. The molecule has 1 aliphatic rings. The van der Waals surface area contributed by atoms with E-state index in [9.17, 15) is 19.5 Å². The van der Waals surface area contributed by atoms with Crippen molar-refractivity contribution in [1.82, 2.24) is 0 Å². The molecule has 0 bridgehead atoms. The number of thiocarbonyl (C=S) groups is 1. The fourth-order valence-corrected chi connectivity index (χ4v) is 8.19. The number of methoxy groups -OCH3 is 1. The molecule has 0 radical (unpaired) electrons. The second kappa shape index (κ2) is 21.1. The molecule has 8 nitrogen and oxygen atoms in total. The fourth-order valence-electron chi connectivity index (χ4n) is 5.48. The lowest BCUT2D eigenvalue weighted by atomic mass is 9.79. The van der Waals surface area contributed by atoms with Gasteiger partial charge in [-0.25, -0.2) is 0 Å². The maximum atomic E-state index is 13.6. The van der Waals surface area contributed by atoms with Gasteiger partial charge in [0.25, 0.3) is 0 Å². The van der Waals surface area contributed by atoms with Crippen LogP contribution in [-0.2, 0) is 39.8 Å². The van der Waals surface area contributed by atoms with Crippen LogP contribution in [0, 0.1) is 11.3 Å². The Kier molecular flexibility index (Phi) is 18.7. The number of hydrogen-bond donors (Lipinski definition) is 1. The molecule has 1 N–H and O–H groups in total. The summed E-state index contributed by atoms with van der Waals surface area (Å²) in [5.74, 6) is -2.07. The molecule has 1 fully saturated rings. The molecule has 0 aromatic heterocycles. The minimum Gasteiger partial charge on any atom is -0.481 e. The largest absolute Gasteiger partial charge is 0.494 e. The van der Waals surface area contributed by atoms with Gasteiger partial charge in [0.15, 0.2) is 0 Å². The number of unbranched alkanes of at least 4 members (excludes halogenated alkanes) is 9. The normalized spacial score (nSPS) is 16.6. The number of thioether (sulfide) groups is 2. The van der Waals surface area contributed by atoms with Crippen LogP contribution in [0.4, 0.5) is 0 Å². The van der Waals surface area contributed by atoms with Gasteiger partial charge >= 0.3 is 25.0 Å². The molecule has 1 aromatic rings. The second-order valence-corrected chi connectivity index (χ2v) is 18.2. The smallest absolute Gasteiger partial charge is 0.481 e. The van der Waals surface area contributed by atoms with Gasteiger partial charge in [0.1, 0.15) is 15.4 Å². The summed E-state index contributed by atoms with van der Waals surface area (Å²) in [7, 11) is 0.774. The summed E-state index contributed by atoms with van der Waals surface area (Å²) < 4.78 is 23.7. The zero-order valence-corrected chi connectivity index (χ0v) is 33.4. The van der Waals surface area contributed by atoms with E-state index in [0.29, 0.717) is 3.53 Å². The zero-order chi connectivity index (χ0) is 36.7. The maximum Gasteiger partial charge on any atom is 0.494 e. The minimum atomic E-state index is -1.19. The average molecular weight is 739 g/mol. The first-order chi connectivity index (χ1) is 23.0. The fraction of sp³-hybridized carbons (Fsp3) is 0.730. The standard InChI is InChI=1S/C37H59BO8S3/c1-9-10-11-12-13-14-15-16-17-18-23-48-34(47)49-30(24-28(31(39)43-8)25-35(2,3)33(41)42)32(40)44-26-27-19-21-29(22-20-27)38-45-36(4,5)37(6,7)46-38/h19-22,28,30H,9-18,23-26H2,1-8H3,(H,41,42). The van der Waals surface area contributed by atoms with Crippen LogP contribution in [0.25, 0.3) is 0 Å². The van der Waals surface area contributed by atoms with Crippen molar-refractivity contribution in [1.29, 1.82) is 0 Å². The van der Waals surface area contributed by atoms with Crippen molar-refractivity contribution in [3.05, 3.63) is 29.8 Å². The van der Waals surface area contributed by atoms with Crippen LogP contribution >= 0.6 is 35.7 Å². The van der Waals surface area contributed by atoms with Crippen molar-refractivity contribution in [3.8, 4) is 0 Å². The molecular weight excluding hydrogens is 679 g/mol. The maximum absolute atomic E-state index is 13.6. The van der Waals surface area contributed by atoms with Gasteiger partial charge in [-0.1, -0.05) is 113 Å². The highest BCUT2D eigenvalue weighted by atomic mass is 32.2. The number of carbonyl (C=O) groups is 3. The summed E-state index contributed by atoms with van der Waals surface area (Å²) in [6.45, 7) is 13.4. The second-order valence-electron chi connectivity index (χ2n) is 14.7. The summed E-state index contributed by atoms with van der Waals surface area (Å²) >= 11 is 8.43. The van der Waals surface area contributed by atoms with Gasteiger partial charge in [0.05, 0.1) is 29.6 Å². The molecule has 276 valence electrons. The number of carboxylic acids is 1. The third kappa shape index (κ3) is 14.9. The monoisotopic (exact) mass is 738 g/mol. The van der Waals surface area contributed by atoms with E-state index >= 15 is 0 Å². The van der Waals surface area contributed by atoms with Crippen LogP contribution < -0.4 is 5.46 Å². The Morgan fingerprint density at radius 3 is 1.94 bits per heavy atom. The zero-order valence-electron chi connectivity index (χ0n) is 31.0. The topological polar surface area (TPSA) is 108 Å². The summed E-state index contributed by atoms with van der Waals surface area (Å²) in [5.41, 5.74) is -0.443. The van der Waals surface area contributed by atoms with E-state index in [2.05, 4.69) is 6.92 Å². The van der Waals surface area contributed by atoms with E-state index < -0.39 is 52.8 Å². The Labute approximate surface area is 309 Å². The summed E-state index contributed by atoms with van der Waals surface area (Å²) in [6.07, 6.45) is 12.6. The van der Waals surface area contributed by atoms with E-state index in [-0.39, 0.29) is 19.4 Å². The highest BCUT2D eigenvalue weighted by Gasteiger charge is 2.51. The number of benzene rings is 1. The van der Waals surface area contributed by atoms with Crippen LogP contribution in [0.5, 0.6) is 0 Å². The SMILES string of the molecule is CCCCCCCCCCCCSC(=S)SC(CC(CC(C)(C)C(=O)O)C(=O)OC)C(=O)OCc1ccc(B2OC(C)(C)C(C)(C)O2)cc1. The number of rotatable bonds is 22. The molecule has 0 amide bonds. The first kappa shape index (κ1) is 43.6. The molecular formula is C37H59BO8S3. The van der Waals surface area contributed by atoms with E-state index in [1.807, 2.05) is 52.0 Å². The molecule has 2 atom stereocenters. The Bertz CT molecular complexity index is 1190. The minimum absolute atomic E-state index is 0.0121. The van der Waals surface area contributed by atoms with Gasteiger partial charge in [-0.05, 0) is 77.6 Å².